The summed E-state index contributed by atoms with van der Waals surface area (Å²) in [6.45, 7) is 1.74. The summed E-state index contributed by atoms with van der Waals surface area (Å²) >= 11 is 11.7. The lowest BCUT2D eigenvalue weighted by Crippen LogP contribution is -2.09. The highest BCUT2D eigenvalue weighted by molar-refractivity contribution is 6.42. The molecule has 0 saturated heterocycles. The zero-order valence-corrected chi connectivity index (χ0v) is 11.6. The van der Waals surface area contributed by atoms with Gasteiger partial charge in [-0.15, -0.1) is 0 Å². The topological polar surface area (TPSA) is 12.0 Å². The Balaban J connectivity index is 2.23. The molecule has 0 radical (unpaired) electrons. The van der Waals surface area contributed by atoms with Gasteiger partial charge < -0.3 is 5.32 Å². The third kappa shape index (κ3) is 3.17. The Morgan fingerprint density at radius 1 is 1.05 bits per heavy atom. The first-order valence-electron chi connectivity index (χ1n) is 5.64. The highest BCUT2D eigenvalue weighted by Gasteiger charge is 2.14. The van der Waals surface area contributed by atoms with Crippen LogP contribution in [0.4, 0.5) is 14.5 Å². The molecule has 1 N–H and O–H groups in total. The number of benzene rings is 2. The van der Waals surface area contributed by atoms with E-state index in [0.717, 1.165) is 6.07 Å². The highest BCUT2D eigenvalue weighted by Crippen LogP contribution is 2.28. The average molecular weight is 302 g/mol. The molecule has 1 unspecified atom stereocenters. The fraction of sp³-hybridized carbons (Fsp3) is 0.143. The van der Waals surface area contributed by atoms with Crippen LogP contribution >= 0.6 is 23.2 Å². The second-order valence-electron chi connectivity index (χ2n) is 4.14. The third-order valence-corrected chi connectivity index (χ3v) is 3.49. The second-order valence-corrected chi connectivity index (χ2v) is 4.95. The Kier molecular flexibility index (Phi) is 4.27. The van der Waals surface area contributed by atoms with Crippen molar-refractivity contribution < 1.29 is 8.78 Å². The molecule has 0 heterocycles. The van der Waals surface area contributed by atoms with Crippen LogP contribution < -0.4 is 5.32 Å². The maximum absolute atomic E-state index is 13.6. The highest BCUT2D eigenvalue weighted by atomic mass is 35.5. The lowest BCUT2D eigenvalue weighted by Gasteiger charge is -2.17. The average Bonchev–Trinajstić information content (AvgIpc) is 2.37. The Bertz CT molecular complexity index is 602. The Morgan fingerprint density at radius 2 is 1.79 bits per heavy atom. The predicted molar refractivity (Wildman–Crippen MR) is 74.9 cm³/mol. The van der Waals surface area contributed by atoms with Crippen LogP contribution in [-0.4, -0.2) is 0 Å². The standard InChI is InChI=1S/C14H11Cl2F2N/c1-8(10-3-2-4-13(17)14(10)18)19-9-5-6-11(15)12(16)7-9/h2-8,19H,1H3. The molecule has 0 aliphatic carbocycles. The van der Waals surface area contributed by atoms with E-state index in [-0.39, 0.29) is 5.56 Å². The monoisotopic (exact) mass is 301 g/mol. The van der Waals surface area contributed by atoms with Gasteiger partial charge in [0.2, 0.25) is 0 Å². The number of hydrogen-bond donors (Lipinski definition) is 1. The summed E-state index contributed by atoms with van der Waals surface area (Å²) in [5, 5.41) is 3.89. The first-order valence-corrected chi connectivity index (χ1v) is 6.40. The summed E-state index contributed by atoms with van der Waals surface area (Å²) in [7, 11) is 0. The van der Waals surface area contributed by atoms with Crippen molar-refractivity contribution in [3.63, 3.8) is 0 Å². The van der Waals surface area contributed by atoms with Crippen LogP contribution in [0, 0.1) is 11.6 Å². The van der Waals surface area contributed by atoms with E-state index in [0.29, 0.717) is 15.7 Å². The largest absolute Gasteiger partial charge is 0.378 e. The van der Waals surface area contributed by atoms with Gasteiger partial charge in [0.25, 0.3) is 0 Å². The molecule has 0 saturated carbocycles. The van der Waals surface area contributed by atoms with Crippen molar-refractivity contribution >= 4 is 28.9 Å². The molecule has 2 aromatic carbocycles. The summed E-state index contributed by atoms with van der Waals surface area (Å²) in [5.41, 5.74) is 0.941. The van der Waals surface area contributed by atoms with Crippen LogP contribution in [0.1, 0.15) is 18.5 Å². The minimum Gasteiger partial charge on any atom is -0.378 e. The normalized spacial score (nSPS) is 12.3. The smallest absolute Gasteiger partial charge is 0.164 e. The lowest BCUT2D eigenvalue weighted by atomic mass is 10.1. The summed E-state index contributed by atoms with van der Waals surface area (Å²) in [4.78, 5) is 0. The van der Waals surface area contributed by atoms with Crippen LogP contribution in [0.5, 0.6) is 0 Å². The van der Waals surface area contributed by atoms with Crippen molar-refractivity contribution in [3.8, 4) is 0 Å². The van der Waals surface area contributed by atoms with Crippen molar-refractivity contribution in [2.24, 2.45) is 0 Å². The van der Waals surface area contributed by atoms with E-state index in [4.69, 9.17) is 23.2 Å². The van der Waals surface area contributed by atoms with Crippen molar-refractivity contribution in [2.75, 3.05) is 5.32 Å². The van der Waals surface area contributed by atoms with Gasteiger partial charge in [-0.2, -0.15) is 0 Å². The maximum Gasteiger partial charge on any atom is 0.164 e. The molecule has 1 nitrogen and oxygen atoms in total. The minimum absolute atomic E-state index is 0.256. The summed E-state index contributed by atoms with van der Waals surface area (Å²) in [6, 6.07) is 8.70. The van der Waals surface area contributed by atoms with Gasteiger partial charge in [0.05, 0.1) is 16.1 Å². The number of rotatable bonds is 3. The Labute approximate surface area is 120 Å². The summed E-state index contributed by atoms with van der Waals surface area (Å²) < 4.78 is 26.8. The molecule has 0 amide bonds. The van der Waals surface area contributed by atoms with Gasteiger partial charge in [-0.1, -0.05) is 35.3 Å². The maximum atomic E-state index is 13.6. The molecule has 0 bridgehead atoms. The van der Waals surface area contributed by atoms with Crippen LogP contribution in [-0.2, 0) is 0 Å². The minimum atomic E-state index is -0.861. The zero-order chi connectivity index (χ0) is 14.0. The summed E-state index contributed by atoms with van der Waals surface area (Å²) in [5.74, 6) is -1.71. The van der Waals surface area contributed by atoms with Gasteiger partial charge in [-0.3, -0.25) is 0 Å². The zero-order valence-electron chi connectivity index (χ0n) is 10.1. The van der Waals surface area contributed by atoms with Gasteiger partial charge in [-0.05, 0) is 31.2 Å². The molecule has 0 aliphatic heterocycles. The van der Waals surface area contributed by atoms with Gasteiger partial charge in [0, 0.05) is 11.3 Å². The molecule has 0 aliphatic rings. The third-order valence-electron chi connectivity index (χ3n) is 2.75. The Morgan fingerprint density at radius 3 is 2.47 bits per heavy atom. The molecule has 100 valence electrons. The molecule has 19 heavy (non-hydrogen) atoms. The number of anilines is 1. The molecule has 0 fully saturated rings. The van der Waals surface area contributed by atoms with E-state index in [1.165, 1.54) is 12.1 Å². The van der Waals surface area contributed by atoms with Crippen molar-refractivity contribution in [2.45, 2.75) is 13.0 Å². The molecule has 5 heteroatoms. The fourth-order valence-corrected chi connectivity index (χ4v) is 2.07. The molecule has 1 atom stereocenters. The number of halogens is 4. The van der Waals surface area contributed by atoms with E-state index in [1.54, 1.807) is 25.1 Å². The van der Waals surface area contributed by atoms with Gasteiger partial charge in [0.1, 0.15) is 0 Å². The molecule has 0 aromatic heterocycles. The van der Waals surface area contributed by atoms with Crippen LogP contribution in [0.15, 0.2) is 36.4 Å². The van der Waals surface area contributed by atoms with E-state index < -0.39 is 17.7 Å². The fourth-order valence-electron chi connectivity index (χ4n) is 1.77. The van der Waals surface area contributed by atoms with Gasteiger partial charge in [-0.25, -0.2) is 8.78 Å². The predicted octanol–water partition coefficient (Wildman–Crippen LogP) is 5.44. The molecular formula is C14H11Cl2F2N. The molecule has 2 aromatic rings. The molecule has 0 spiro atoms. The van der Waals surface area contributed by atoms with Gasteiger partial charge >= 0.3 is 0 Å². The molecular weight excluding hydrogens is 291 g/mol. The van der Waals surface area contributed by atoms with E-state index in [9.17, 15) is 8.78 Å². The van der Waals surface area contributed by atoms with E-state index in [2.05, 4.69) is 5.32 Å². The number of hydrogen-bond acceptors (Lipinski definition) is 1. The van der Waals surface area contributed by atoms with Crippen molar-refractivity contribution in [3.05, 3.63) is 63.6 Å². The quantitative estimate of drug-likeness (QED) is 0.795. The van der Waals surface area contributed by atoms with Crippen LogP contribution in [0.3, 0.4) is 0 Å². The molecule has 2 rings (SSSR count). The second kappa shape index (κ2) is 5.76. The van der Waals surface area contributed by atoms with Crippen LogP contribution in [0.2, 0.25) is 10.0 Å². The SMILES string of the molecule is CC(Nc1ccc(Cl)c(Cl)c1)c1cccc(F)c1F. The van der Waals surface area contributed by atoms with Gasteiger partial charge in [0.15, 0.2) is 11.6 Å². The first kappa shape index (κ1) is 14.1. The lowest BCUT2D eigenvalue weighted by molar-refractivity contribution is 0.494. The van der Waals surface area contributed by atoms with Crippen molar-refractivity contribution in [1.29, 1.82) is 0 Å². The first-order chi connectivity index (χ1) is 8.99. The van der Waals surface area contributed by atoms with E-state index in [1.807, 2.05) is 0 Å². The Hall–Kier alpha value is -1.32. The van der Waals surface area contributed by atoms with E-state index >= 15 is 0 Å². The van der Waals surface area contributed by atoms with Crippen molar-refractivity contribution in [1.82, 2.24) is 0 Å². The summed E-state index contributed by atoms with van der Waals surface area (Å²) in [6.07, 6.45) is 0. The van der Waals surface area contributed by atoms with Crippen LogP contribution in [0.25, 0.3) is 0 Å². The number of nitrogens with one attached hydrogen (secondary N) is 1.